The van der Waals surface area contributed by atoms with Crippen molar-refractivity contribution in [1.29, 1.82) is 0 Å². The summed E-state index contributed by atoms with van der Waals surface area (Å²) >= 11 is 6.90. The van der Waals surface area contributed by atoms with Crippen molar-refractivity contribution in [1.82, 2.24) is 9.38 Å². The Morgan fingerprint density at radius 3 is 2.92 bits per heavy atom. The van der Waals surface area contributed by atoms with Gasteiger partial charge in [0.2, 0.25) is 0 Å². The van der Waals surface area contributed by atoms with Gasteiger partial charge in [0, 0.05) is 11.6 Å². The molecule has 13 heavy (non-hydrogen) atoms. The van der Waals surface area contributed by atoms with E-state index in [1.165, 1.54) is 15.7 Å². The van der Waals surface area contributed by atoms with Crippen LogP contribution in [0.3, 0.4) is 0 Å². The molecule has 2 heterocycles. The van der Waals surface area contributed by atoms with Crippen LogP contribution in [-0.2, 0) is 10.0 Å². The minimum atomic E-state index is -3.81. The van der Waals surface area contributed by atoms with E-state index in [0.717, 1.165) is 0 Å². The van der Waals surface area contributed by atoms with Gasteiger partial charge in [0.15, 0.2) is 15.1 Å². The second-order valence-corrected chi connectivity index (χ2v) is 5.02. The van der Waals surface area contributed by atoms with E-state index in [-0.39, 0.29) is 10.2 Å². The van der Waals surface area contributed by atoms with Crippen LogP contribution in [0.15, 0.2) is 16.6 Å². The number of hydrogen-bond donors (Lipinski definition) is 1. The molecule has 0 atom stereocenters. The van der Waals surface area contributed by atoms with Gasteiger partial charge in [0.25, 0.3) is 10.0 Å². The van der Waals surface area contributed by atoms with Gasteiger partial charge in [-0.1, -0.05) is 11.6 Å². The van der Waals surface area contributed by atoms with Crippen molar-refractivity contribution in [3.05, 3.63) is 16.7 Å². The summed E-state index contributed by atoms with van der Waals surface area (Å²) in [7, 11) is -3.81. The fourth-order valence-corrected chi connectivity index (χ4v) is 3.01. The lowest BCUT2D eigenvalue weighted by Gasteiger charge is -1.94. The zero-order valence-electron chi connectivity index (χ0n) is 6.14. The molecule has 0 bridgehead atoms. The Morgan fingerprint density at radius 2 is 2.31 bits per heavy atom. The summed E-state index contributed by atoms with van der Waals surface area (Å²) in [4.78, 5) is 4.34. The van der Waals surface area contributed by atoms with E-state index >= 15 is 0 Å². The van der Waals surface area contributed by atoms with Gasteiger partial charge in [-0.25, -0.2) is 18.5 Å². The summed E-state index contributed by atoms with van der Waals surface area (Å²) in [6.07, 6.45) is 1.55. The number of nitrogens with two attached hydrogens (primary N) is 1. The third kappa shape index (κ3) is 1.33. The minimum absolute atomic E-state index is 0.0886. The maximum absolute atomic E-state index is 11.1. The van der Waals surface area contributed by atoms with E-state index in [9.17, 15) is 8.42 Å². The molecule has 0 aliphatic carbocycles. The van der Waals surface area contributed by atoms with Crippen LogP contribution in [0, 0.1) is 0 Å². The molecule has 70 valence electrons. The number of imidazole rings is 1. The predicted octanol–water partition coefficient (Wildman–Crippen LogP) is 0.697. The smallest absolute Gasteiger partial charge is 0.257 e. The average molecular weight is 238 g/mol. The van der Waals surface area contributed by atoms with Crippen LogP contribution >= 0.6 is 22.9 Å². The lowest BCUT2D eigenvalue weighted by atomic mass is 10.9. The van der Waals surface area contributed by atoms with E-state index in [2.05, 4.69) is 4.98 Å². The van der Waals surface area contributed by atoms with Crippen LogP contribution in [0.25, 0.3) is 4.96 Å². The number of halogens is 1. The van der Waals surface area contributed by atoms with Gasteiger partial charge in [-0.15, -0.1) is 11.3 Å². The van der Waals surface area contributed by atoms with Crippen LogP contribution in [0.5, 0.6) is 0 Å². The second kappa shape index (κ2) is 2.68. The summed E-state index contributed by atoms with van der Waals surface area (Å²) < 4.78 is 23.5. The molecular weight excluding hydrogens is 234 g/mol. The van der Waals surface area contributed by atoms with Gasteiger partial charge in [0.05, 0.1) is 0 Å². The second-order valence-electron chi connectivity index (χ2n) is 2.31. The van der Waals surface area contributed by atoms with Crippen molar-refractivity contribution in [2.45, 2.75) is 5.03 Å². The highest BCUT2D eigenvalue weighted by molar-refractivity contribution is 7.89. The molecule has 0 saturated heterocycles. The Bertz CT molecular complexity index is 555. The van der Waals surface area contributed by atoms with Crippen molar-refractivity contribution in [3.8, 4) is 0 Å². The first-order valence-corrected chi connectivity index (χ1v) is 5.94. The Morgan fingerprint density at radius 1 is 1.62 bits per heavy atom. The van der Waals surface area contributed by atoms with Gasteiger partial charge in [-0.2, -0.15) is 0 Å². The Hall–Kier alpha value is -0.630. The largest absolute Gasteiger partial charge is 0.279 e. The first-order chi connectivity index (χ1) is 6.00. The van der Waals surface area contributed by atoms with E-state index in [4.69, 9.17) is 16.7 Å². The molecule has 0 saturated carbocycles. The van der Waals surface area contributed by atoms with Crippen LogP contribution in [0.4, 0.5) is 0 Å². The lowest BCUT2D eigenvalue weighted by molar-refractivity contribution is 0.593. The summed E-state index contributed by atoms with van der Waals surface area (Å²) in [6.45, 7) is 0. The normalized spacial score (nSPS) is 12.5. The van der Waals surface area contributed by atoms with E-state index in [1.54, 1.807) is 11.6 Å². The topological polar surface area (TPSA) is 77.5 Å². The molecule has 2 aromatic heterocycles. The minimum Gasteiger partial charge on any atom is -0.279 e. The molecule has 0 fully saturated rings. The molecule has 0 aliphatic heterocycles. The van der Waals surface area contributed by atoms with Gasteiger partial charge >= 0.3 is 0 Å². The number of fused-ring (bicyclic) bond motifs is 1. The van der Waals surface area contributed by atoms with E-state index in [1.807, 2.05) is 0 Å². The monoisotopic (exact) mass is 237 g/mol. The van der Waals surface area contributed by atoms with Crippen molar-refractivity contribution >= 4 is 37.9 Å². The number of sulfonamides is 1. The molecule has 5 nitrogen and oxygen atoms in total. The molecule has 2 aromatic rings. The maximum atomic E-state index is 11.1. The zero-order chi connectivity index (χ0) is 9.64. The first kappa shape index (κ1) is 8.95. The van der Waals surface area contributed by atoms with Crippen LogP contribution in [0.2, 0.25) is 5.15 Å². The summed E-state index contributed by atoms with van der Waals surface area (Å²) in [5, 5.41) is 6.41. The number of aromatic nitrogens is 2. The van der Waals surface area contributed by atoms with Crippen molar-refractivity contribution in [2.24, 2.45) is 5.14 Å². The van der Waals surface area contributed by atoms with Gasteiger partial charge in [-0.05, 0) is 0 Å². The van der Waals surface area contributed by atoms with Crippen LogP contribution in [-0.4, -0.2) is 17.8 Å². The number of nitrogens with zero attached hydrogens (tertiary/aromatic N) is 2. The quantitative estimate of drug-likeness (QED) is 0.793. The summed E-state index contributed by atoms with van der Waals surface area (Å²) in [5.74, 6) is 0. The van der Waals surface area contributed by atoms with Crippen molar-refractivity contribution < 1.29 is 8.42 Å². The molecule has 0 aromatic carbocycles. The third-order valence-electron chi connectivity index (χ3n) is 1.45. The molecule has 2 rings (SSSR count). The Kier molecular flexibility index (Phi) is 1.84. The maximum Gasteiger partial charge on any atom is 0.257 e. The molecule has 2 N–H and O–H groups in total. The Labute approximate surface area is 82.8 Å². The number of primary sulfonamides is 1. The molecule has 0 radical (unpaired) electrons. The van der Waals surface area contributed by atoms with E-state index < -0.39 is 10.0 Å². The highest BCUT2D eigenvalue weighted by Crippen LogP contribution is 2.23. The predicted molar refractivity (Wildman–Crippen MR) is 49.5 cm³/mol. The molecular formula is C5H4ClN3O2S2. The average Bonchev–Trinajstić information content (AvgIpc) is 2.41. The number of rotatable bonds is 1. The van der Waals surface area contributed by atoms with Crippen LogP contribution < -0.4 is 5.14 Å². The zero-order valence-corrected chi connectivity index (χ0v) is 8.53. The first-order valence-electron chi connectivity index (χ1n) is 3.14. The highest BCUT2D eigenvalue weighted by atomic mass is 35.5. The Balaban J connectivity index is 2.94. The van der Waals surface area contributed by atoms with E-state index in [0.29, 0.717) is 4.96 Å². The molecule has 0 amide bonds. The fraction of sp³-hybridized carbons (Fsp3) is 0. The van der Waals surface area contributed by atoms with Crippen molar-refractivity contribution in [3.63, 3.8) is 0 Å². The van der Waals surface area contributed by atoms with Crippen molar-refractivity contribution in [2.75, 3.05) is 0 Å². The van der Waals surface area contributed by atoms with Crippen LogP contribution in [0.1, 0.15) is 0 Å². The molecule has 8 heteroatoms. The van der Waals surface area contributed by atoms with Gasteiger partial charge in [-0.3, -0.25) is 4.40 Å². The number of hydrogen-bond acceptors (Lipinski definition) is 4. The molecule has 0 spiro atoms. The molecule has 0 aliphatic rings. The van der Waals surface area contributed by atoms with Gasteiger partial charge < -0.3 is 0 Å². The molecule has 0 unspecified atom stereocenters. The third-order valence-corrected chi connectivity index (χ3v) is 3.51. The number of thiazole rings is 1. The standard InChI is InChI=1S/C5H4ClN3O2S2/c6-3-4(13(7,10)11)9-1-2-12-5(9)8-3/h1-2H,(H2,7,10,11). The van der Waals surface area contributed by atoms with Gasteiger partial charge in [0.1, 0.15) is 0 Å². The highest BCUT2D eigenvalue weighted by Gasteiger charge is 2.20. The fourth-order valence-electron chi connectivity index (χ4n) is 0.993. The SMILES string of the molecule is NS(=O)(=O)c1c(Cl)nc2sccn12. The summed E-state index contributed by atoms with van der Waals surface area (Å²) in [6, 6.07) is 0. The lowest BCUT2D eigenvalue weighted by Crippen LogP contribution is -2.14. The summed E-state index contributed by atoms with van der Waals surface area (Å²) in [5.41, 5.74) is 0.